The molecular formula is C17H28IN3. The average Bonchev–Trinajstić information content (AvgIpc) is 2.51. The fraction of sp³-hybridized carbons (Fsp3) is 0.765. The summed E-state index contributed by atoms with van der Waals surface area (Å²) in [5.41, 5.74) is 1.23. The summed E-state index contributed by atoms with van der Waals surface area (Å²) in [6.45, 7) is 7.58. The topological polar surface area (TPSA) is 37.8 Å². The molecule has 0 atom stereocenters. The lowest BCUT2D eigenvalue weighted by Gasteiger charge is -2.27. The van der Waals surface area contributed by atoms with E-state index in [1.807, 2.05) is 0 Å². The Balaban J connectivity index is 2.22. The van der Waals surface area contributed by atoms with Crippen molar-refractivity contribution < 1.29 is 0 Å². The first-order valence-electron chi connectivity index (χ1n) is 8.49. The molecule has 0 amide bonds. The smallest absolute Gasteiger partial charge is 0.143 e. The lowest BCUT2D eigenvalue weighted by Crippen LogP contribution is -2.17. The molecule has 0 radical (unpaired) electrons. The summed E-state index contributed by atoms with van der Waals surface area (Å²) in [5, 5.41) is 3.42. The van der Waals surface area contributed by atoms with Gasteiger partial charge in [-0.2, -0.15) is 0 Å². The minimum Gasteiger partial charge on any atom is -0.369 e. The summed E-state index contributed by atoms with van der Waals surface area (Å²) in [6.07, 6.45) is 8.72. The lowest BCUT2D eigenvalue weighted by molar-refractivity contribution is 0.312. The molecule has 0 spiro atoms. The molecule has 2 rings (SSSR count). The van der Waals surface area contributed by atoms with Crippen LogP contribution in [0.15, 0.2) is 0 Å². The van der Waals surface area contributed by atoms with Gasteiger partial charge in [0.05, 0.1) is 9.26 Å². The monoisotopic (exact) mass is 401 g/mol. The number of nitrogens with zero attached hydrogens (tertiary/aromatic N) is 2. The van der Waals surface area contributed by atoms with Gasteiger partial charge in [0.2, 0.25) is 0 Å². The van der Waals surface area contributed by atoms with Crippen molar-refractivity contribution in [2.45, 2.75) is 71.6 Å². The third kappa shape index (κ3) is 4.30. The third-order valence-electron chi connectivity index (χ3n) is 4.56. The highest BCUT2D eigenvalue weighted by atomic mass is 127. The maximum Gasteiger partial charge on any atom is 0.143 e. The van der Waals surface area contributed by atoms with Crippen LogP contribution >= 0.6 is 22.6 Å². The van der Waals surface area contributed by atoms with Crippen molar-refractivity contribution in [1.29, 1.82) is 0 Å². The van der Waals surface area contributed by atoms with Crippen LogP contribution in [0.25, 0.3) is 0 Å². The van der Waals surface area contributed by atoms with Crippen LogP contribution in [0.3, 0.4) is 0 Å². The Kier molecular flexibility index (Phi) is 6.71. The van der Waals surface area contributed by atoms with E-state index in [0.717, 1.165) is 36.9 Å². The number of anilines is 1. The number of hydrogen-bond donors (Lipinski definition) is 1. The molecule has 1 heterocycles. The molecule has 1 aromatic rings. The minimum absolute atomic E-state index is 0.567. The van der Waals surface area contributed by atoms with Gasteiger partial charge in [0.15, 0.2) is 0 Å². The molecule has 118 valence electrons. The van der Waals surface area contributed by atoms with Crippen LogP contribution in [-0.2, 0) is 6.42 Å². The van der Waals surface area contributed by atoms with E-state index in [4.69, 9.17) is 9.97 Å². The molecular weight excluding hydrogens is 373 g/mol. The van der Waals surface area contributed by atoms with E-state index in [0.29, 0.717) is 5.92 Å². The fourth-order valence-corrected chi connectivity index (χ4v) is 3.91. The highest BCUT2D eigenvalue weighted by molar-refractivity contribution is 14.1. The summed E-state index contributed by atoms with van der Waals surface area (Å²) < 4.78 is 1.21. The van der Waals surface area contributed by atoms with Crippen molar-refractivity contribution in [2.75, 3.05) is 11.9 Å². The van der Waals surface area contributed by atoms with Gasteiger partial charge in [-0.15, -0.1) is 0 Å². The molecule has 1 saturated carbocycles. The van der Waals surface area contributed by atoms with Gasteiger partial charge in [0.1, 0.15) is 11.6 Å². The summed E-state index contributed by atoms with van der Waals surface area (Å²) in [7, 11) is 0. The first-order chi connectivity index (χ1) is 10.2. The van der Waals surface area contributed by atoms with Gasteiger partial charge in [-0.3, -0.25) is 0 Å². The second-order valence-electron chi connectivity index (χ2n) is 6.10. The summed E-state index contributed by atoms with van der Waals surface area (Å²) >= 11 is 2.40. The van der Waals surface area contributed by atoms with Crippen LogP contribution in [0, 0.1) is 9.49 Å². The van der Waals surface area contributed by atoms with E-state index < -0.39 is 0 Å². The number of hydrogen-bond acceptors (Lipinski definition) is 3. The minimum atomic E-state index is 0.567. The molecule has 1 aliphatic rings. The molecule has 0 aliphatic heterocycles. The Morgan fingerprint density at radius 1 is 1.10 bits per heavy atom. The molecule has 21 heavy (non-hydrogen) atoms. The van der Waals surface area contributed by atoms with Crippen LogP contribution in [-0.4, -0.2) is 16.5 Å². The van der Waals surface area contributed by atoms with Crippen molar-refractivity contribution in [2.24, 2.45) is 5.92 Å². The Morgan fingerprint density at radius 2 is 1.81 bits per heavy atom. The van der Waals surface area contributed by atoms with Gasteiger partial charge in [0.25, 0.3) is 0 Å². The van der Waals surface area contributed by atoms with Gasteiger partial charge >= 0.3 is 0 Å². The molecule has 0 aromatic carbocycles. The predicted molar refractivity (Wildman–Crippen MR) is 97.9 cm³/mol. The molecule has 1 N–H and O–H groups in total. The largest absolute Gasteiger partial charge is 0.369 e. The van der Waals surface area contributed by atoms with Crippen molar-refractivity contribution in [3.63, 3.8) is 0 Å². The van der Waals surface area contributed by atoms with Crippen molar-refractivity contribution >= 4 is 28.4 Å². The first-order valence-corrected chi connectivity index (χ1v) is 9.57. The zero-order valence-corrected chi connectivity index (χ0v) is 15.7. The number of rotatable bonds is 6. The molecule has 0 saturated heterocycles. The van der Waals surface area contributed by atoms with E-state index >= 15 is 0 Å². The predicted octanol–water partition coefficient (Wildman–Crippen LogP) is 5.15. The van der Waals surface area contributed by atoms with Gasteiger partial charge < -0.3 is 5.32 Å². The summed E-state index contributed by atoms with van der Waals surface area (Å²) in [5.74, 6) is 3.62. The number of nitrogens with one attached hydrogen (secondary N) is 1. The molecule has 1 aromatic heterocycles. The van der Waals surface area contributed by atoms with Gasteiger partial charge in [-0.25, -0.2) is 9.97 Å². The van der Waals surface area contributed by atoms with E-state index in [-0.39, 0.29) is 0 Å². The van der Waals surface area contributed by atoms with Crippen LogP contribution in [0.1, 0.15) is 76.7 Å². The molecule has 4 heteroatoms. The van der Waals surface area contributed by atoms with Crippen molar-refractivity contribution in [3.05, 3.63) is 15.1 Å². The van der Waals surface area contributed by atoms with E-state index in [1.54, 1.807) is 0 Å². The van der Waals surface area contributed by atoms with Crippen LogP contribution in [0.2, 0.25) is 0 Å². The van der Waals surface area contributed by atoms with E-state index in [2.05, 4.69) is 48.7 Å². The SMILES string of the molecule is CCCc1nc(C2CCC(CC)CC2)nc(NCC)c1I. The Hall–Kier alpha value is -0.390. The van der Waals surface area contributed by atoms with Crippen LogP contribution < -0.4 is 5.32 Å². The Bertz CT molecular complexity index is 426. The van der Waals surface area contributed by atoms with Crippen molar-refractivity contribution in [3.8, 4) is 0 Å². The summed E-state index contributed by atoms with van der Waals surface area (Å²) in [6, 6.07) is 0. The Morgan fingerprint density at radius 3 is 2.38 bits per heavy atom. The van der Waals surface area contributed by atoms with Crippen LogP contribution in [0.5, 0.6) is 0 Å². The maximum atomic E-state index is 4.92. The number of halogens is 1. The second-order valence-corrected chi connectivity index (χ2v) is 7.18. The van der Waals surface area contributed by atoms with E-state index in [1.165, 1.54) is 41.4 Å². The highest BCUT2D eigenvalue weighted by Gasteiger charge is 2.24. The fourth-order valence-electron chi connectivity index (χ4n) is 3.21. The quantitative estimate of drug-likeness (QED) is 0.670. The molecule has 0 unspecified atom stereocenters. The zero-order chi connectivity index (χ0) is 15.2. The van der Waals surface area contributed by atoms with Gasteiger partial charge in [0, 0.05) is 12.5 Å². The van der Waals surface area contributed by atoms with E-state index in [9.17, 15) is 0 Å². The standard InChI is InChI=1S/C17H28IN3/c1-4-7-14-15(18)17(19-6-3)21-16(20-14)13-10-8-12(5-2)9-11-13/h12-13H,4-11H2,1-3H3,(H,19,20,21). The normalized spacial score (nSPS) is 22.3. The second kappa shape index (κ2) is 8.30. The van der Waals surface area contributed by atoms with Gasteiger partial charge in [-0.05, 0) is 67.5 Å². The molecule has 0 bridgehead atoms. The molecule has 3 nitrogen and oxygen atoms in total. The third-order valence-corrected chi connectivity index (χ3v) is 5.69. The number of aryl methyl sites for hydroxylation is 1. The van der Waals surface area contributed by atoms with Gasteiger partial charge in [-0.1, -0.05) is 26.7 Å². The first kappa shape index (κ1) is 17.0. The van der Waals surface area contributed by atoms with Crippen molar-refractivity contribution in [1.82, 2.24) is 9.97 Å². The molecule has 1 fully saturated rings. The maximum absolute atomic E-state index is 4.92. The average molecular weight is 401 g/mol. The Labute approximate surface area is 142 Å². The molecule has 1 aliphatic carbocycles. The van der Waals surface area contributed by atoms with Crippen LogP contribution in [0.4, 0.5) is 5.82 Å². The lowest BCUT2D eigenvalue weighted by atomic mass is 9.80. The number of aromatic nitrogens is 2. The summed E-state index contributed by atoms with van der Waals surface area (Å²) in [4.78, 5) is 9.77. The highest BCUT2D eigenvalue weighted by Crippen LogP contribution is 2.36. The zero-order valence-electron chi connectivity index (χ0n) is 13.6.